The van der Waals surface area contributed by atoms with Crippen molar-refractivity contribution in [2.75, 3.05) is 13.2 Å². The number of carbonyl (C=O) groups excluding carboxylic acids is 2. The maximum Gasteiger partial charge on any atom is 0.333 e. The zero-order valence-corrected chi connectivity index (χ0v) is 16.9. The Bertz CT molecular complexity index is 453. The molecule has 0 bridgehead atoms. The molecule has 7 heteroatoms. The molecule has 0 heterocycles. The molecule has 0 aromatic rings. The van der Waals surface area contributed by atoms with Crippen molar-refractivity contribution in [2.24, 2.45) is 0 Å². The van der Waals surface area contributed by atoms with Gasteiger partial charge in [0.25, 0.3) is 0 Å². The van der Waals surface area contributed by atoms with Gasteiger partial charge in [-0.3, -0.25) is 0 Å². The first kappa shape index (κ1) is 25.3. The molecular weight excluding hydrogens is 352 g/mol. The summed E-state index contributed by atoms with van der Waals surface area (Å²) in [4.78, 5) is 22.7. The first-order valence-electron chi connectivity index (χ1n) is 9.23. The lowest BCUT2D eigenvalue weighted by molar-refractivity contribution is -0.140. The van der Waals surface area contributed by atoms with E-state index in [4.69, 9.17) is 14.2 Å². The van der Waals surface area contributed by atoms with Crippen molar-refractivity contribution in [1.82, 2.24) is 0 Å². The van der Waals surface area contributed by atoms with Gasteiger partial charge in [-0.2, -0.15) is 0 Å². The molecule has 27 heavy (non-hydrogen) atoms. The minimum Gasteiger partial charge on any atom is -0.462 e. The minimum absolute atomic E-state index is 0.203. The van der Waals surface area contributed by atoms with Crippen LogP contribution in [0.5, 0.6) is 0 Å². The Kier molecular flexibility index (Phi) is 12.6. The number of ether oxygens (including phenoxy) is 3. The van der Waals surface area contributed by atoms with Gasteiger partial charge in [0.15, 0.2) is 0 Å². The highest BCUT2D eigenvalue weighted by molar-refractivity contribution is 5.87. The second-order valence-corrected chi connectivity index (χ2v) is 6.81. The lowest BCUT2D eigenvalue weighted by atomic mass is 10.1. The quantitative estimate of drug-likeness (QED) is 0.268. The van der Waals surface area contributed by atoms with Crippen LogP contribution in [0.2, 0.25) is 0 Å². The number of aliphatic hydroxyl groups is 2. The van der Waals surface area contributed by atoms with Gasteiger partial charge in [-0.25, -0.2) is 9.59 Å². The molecule has 0 rings (SSSR count). The van der Waals surface area contributed by atoms with E-state index in [2.05, 4.69) is 13.2 Å². The average Bonchev–Trinajstić information content (AvgIpc) is 2.57. The van der Waals surface area contributed by atoms with Crippen LogP contribution in [0.15, 0.2) is 24.3 Å². The Morgan fingerprint density at radius 1 is 0.815 bits per heavy atom. The molecule has 0 aromatic heterocycles. The lowest BCUT2D eigenvalue weighted by Crippen LogP contribution is -2.36. The summed E-state index contributed by atoms with van der Waals surface area (Å²) in [6, 6.07) is 0. The van der Waals surface area contributed by atoms with E-state index in [0.29, 0.717) is 36.8 Å². The van der Waals surface area contributed by atoms with Crippen LogP contribution in [0.25, 0.3) is 0 Å². The Hall–Kier alpha value is -1.70. The predicted octanol–water partition coefficient (Wildman–Crippen LogP) is 2.30. The van der Waals surface area contributed by atoms with Crippen LogP contribution in [0.4, 0.5) is 0 Å². The number of esters is 2. The molecule has 0 saturated carbocycles. The molecule has 7 nitrogen and oxygen atoms in total. The largest absolute Gasteiger partial charge is 0.462 e. The first-order chi connectivity index (χ1) is 12.6. The van der Waals surface area contributed by atoms with Gasteiger partial charge in [0.2, 0.25) is 0 Å². The number of carbonyl (C=O) groups is 2. The molecule has 4 atom stereocenters. The number of rotatable bonds is 14. The Morgan fingerprint density at radius 2 is 1.15 bits per heavy atom. The number of aliphatic hydroxyl groups excluding tert-OH is 2. The normalized spacial score (nSPS) is 15.3. The fourth-order valence-corrected chi connectivity index (χ4v) is 2.22. The smallest absolute Gasteiger partial charge is 0.333 e. The van der Waals surface area contributed by atoms with E-state index >= 15 is 0 Å². The molecule has 0 amide bonds. The number of hydrogen-bond donors (Lipinski definition) is 2. The highest BCUT2D eigenvalue weighted by atomic mass is 16.5. The molecule has 0 aliphatic rings. The molecule has 4 unspecified atom stereocenters. The van der Waals surface area contributed by atoms with Crippen LogP contribution < -0.4 is 0 Å². The molecule has 0 aromatic carbocycles. The highest BCUT2D eigenvalue weighted by Crippen LogP contribution is 2.17. The molecule has 156 valence electrons. The summed E-state index contributed by atoms with van der Waals surface area (Å²) in [5.41, 5.74) is 0.666. The van der Waals surface area contributed by atoms with Gasteiger partial charge >= 0.3 is 11.9 Å². The van der Waals surface area contributed by atoms with Gasteiger partial charge in [0.1, 0.15) is 0 Å². The topological polar surface area (TPSA) is 102 Å². The summed E-state index contributed by atoms with van der Waals surface area (Å²) in [5.74, 6) is -0.897. The van der Waals surface area contributed by atoms with Gasteiger partial charge in [-0.05, 0) is 53.4 Å². The van der Waals surface area contributed by atoms with Gasteiger partial charge < -0.3 is 24.4 Å². The standard InChI is InChI=1S/C20H34O7/c1-13(2)19(23)25-11-7-9-17(15(5)21)27-18(16(6)22)10-8-12-26-20(24)14(3)4/h15-18,21-22H,1,3,7-12H2,2,4-6H3. The molecule has 0 saturated heterocycles. The molecule has 0 fully saturated rings. The fraction of sp³-hybridized carbons (Fsp3) is 0.700. The zero-order valence-electron chi connectivity index (χ0n) is 16.9. The van der Waals surface area contributed by atoms with Gasteiger partial charge in [-0.1, -0.05) is 13.2 Å². The van der Waals surface area contributed by atoms with Crippen LogP contribution in [-0.4, -0.2) is 59.8 Å². The Labute approximate surface area is 162 Å². The van der Waals surface area contributed by atoms with Crippen molar-refractivity contribution >= 4 is 11.9 Å². The average molecular weight is 386 g/mol. The maximum atomic E-state index is 11.3. The SMILES string of the molecule is C=C(C)C(=O)OCCCC(OC(CCCOC(=O)C(=C)C)C(C)O)C(C)O. The van der Waals surface area contributed by atoms with Crippen molar-refractivity contribution in [3.05, 3.63) is 24.3 Å². The van der Waals surface area contributed by atoms with Crippen molar-refractivity contribution < 1.29 is 34.0 Å². The molecular formula is C20H34O7. The predicted molar refractivity (Wildman–Crippen MR) is 102 cm³/mol. The van der Waals surface area contributed by atoms with Crippen molar-refractivity contribution in [2.45, 2.75) is 77.8 Å². The molecule has 0 aliphatic heterocycles. The Balaban J connectivity index is 4.40. The molecule has 2 N–H and O–H groups in total. The summed E-state index contributed by atoms with van der Waals surface area (Å²) in [6.07, 6.45) is -0.551. The van der Waals surface area contributed by atoms with Gasteiger partial charge in [-0.15, -0.1) is 0 Å². The fourth-order valence-electron chi connectivity index (χ4n) is 2.22. The maximum absolute atomic E-state index is 11.3. The molecule has 0 radical (unpaired) electrons. The molecule has 0 spiro atoms. The minimum atomic E-state index is -0.746. The van der Waals surface area contributed by atoms with Crippen LogP contribution in [-0.2, 0) is 23.8 Å². The summed E-state index contributed by atoms with van der Waals surface area (Å²) in [7, 11) is 0. The van der Waals surface area contributed by atoms with Gasteiger partial charge in [0.05, 0.1) is 37.6 Å². The third-order valence-corrected chi connectivity index (χ3v) is 3.85. The number of hydrogen-bond acceptors (Lipinski definition) is 7. The third kappa shape index (κ3) is 11.6. The lowest BCUT2D eigenvalue weighted by Gasteiger charge is -2.28. The van der Waals surface area contributed by atoms with E-state index in [1.54, 1.807) is 27.7 Å². The van der Waals surface area contributed by atoms with E-state index < -0.39 is 36.4 Å². The first-order valence-corrected chi connectivity index (χ1v) is 9.23. The van der Waals surface area contributed by atoms with Crippen LogP contribution in [0.3, 0.4) is 0 Å². The van der Waals surface area contributed by atoms with E-state index in [-0.39, 0.29) is 13.2 Å². The second-order valence-electron chi connectivity index (χ2n) is 6.81. The monoisotopic (exact) mass is 386 g/mol. The van der Waals surface area contributed by atoms with Gasteiger partial charge in [0, 0.05) is 11.1 Å². The zero-order chi connectivity index (χ0) is 21.0. The van der Waals surface area contributed by atoms with Crippen LogP contribution >= 0.6 is 0 Å². The van der Waals surface area contributed by atoms with Crippen molar-refractivity contribution in [1.29, 1.82) is 0 Å². The second kappa shape index (κ2) is 13.5. The van der Waals surface area contributed by atoms with E-state index in [1.165, 1.54) is 0 Å². The highest BCUT2D eigenvalue weighted by Gasteiger charge is 2.24. The summed E-state index contributed by atoms with van der Waals surface area (Å²) >= 11 is 0. The molecule has 0 aliphatic carbocycles. The summed E-state index contributed by atoms with van der Waals surface area (Å²) < 4.78 is 15.9. The van der Waals surface area contributed by atoms with Crippen LogP contribution in [0, 0.1) is 0 Å². The van der Waals surface area contributed by atoms with Crippen LogP contribution in [0.1, 0.15) is 53.4 Å². The van der Waals surface area contributed by atoms with E-state index in [1.807, 2.05) is 0 Å². The third-order valence-electron chi connectivity index (χ3n) is 3.85. The van der Waals surface area contributed by atoms with Crippen molar-refractivity contribution in [3.8, 4) is 0 Å². The van der Waals surface area contributed by atoms with E-state index in [0.717, 1.165) is 0 Å². The van der Waals surface area contributed by atoms with E-state index in [9.17, 15) is 19.8 Å². The summed E-state index contributed by atoms with van der Waals surface area (Å²) in [6.45, 7) is 13.8. The van der Waals surface area contributed by atoms with Crippen molar-refractivity contribution in [3.63, 3.8) is 0 Å². The summed E-state index contributed by atoms with van der Waals surface area (Å²) in [5, 5.41) is 19.9. The Morgan fingerprint density at radius 3 is 1.41 bits per heavy atom.